The maximum Gasteiger partial charge on any atom is 0.276 e. The third-order valence-electron chi connectivity index (χ3n) is 4.61. The molecule has 7 nitrogen and oxygen atoms in total. The Hall–Kier alpha value is -2.15. The zero-order valence-corrected chi connectivity index (χ0v) is 13.7. The fourth-order valence-electron chi connectivity index (χ4n) is 3.27. The van der Waals surface area contributed by atoms with Gasteiger partial charge in [-0.25, -0.2) is 0 Å². The predicted octanol–water partition coefficient (Wildman–Crippen LogP) is 1.48. The average molecular weight is 333 g/mol. The Bertz CT molecular complexity index is 607. The molecular formula is C17H23N3O4. The van der Waals surface area contributed by atoms with Crippen molar-refractivity contribution in [1.82, 2.24) is 15.4 Å². The zero-order chi connectivity index (χ0) is 16.9. The third kappa shape index (κ3) is 3.84. The Morgan fingerprint density at radius 1 is 1.33 bits per heavy atom. The van der Waals surface area contributed by atoms with Crippen LogP contribution in [0.3, 0.4) is 0 Å². The van der Waals surface area contributed by atoms with Crippen molar-refractivity contribution in [1.29, 1.82) is 0 Å². The molecule has 0 aromatic carbocycles. The van der Waals surface area contributed by atoms with E-state index in [9.17, 15) is 9.59 Å². The summed E-state index contributed by atoms with van der Waals surface area (Å²) in [6, 6.07) is 1.71. The number of nitrogens with zero attached hydrogens (tertiary/aromatic N) is 2. The minimum absolute atomic E-state index is 0.0462. The first kappa shape index (κ1) is 16.7. The Morgan fingerprint density at radius 3 is 2.88 bits per heavy atom. The standard InChI is InChI=1S/C17H23N3O4/c1-2-16(21)18-13-4-3-7-20(11-13)17(22)14-10-15(24-19-14)12-5-8-23-9-6-12/h2,10,12-13H,1,3-9,11H2,(H,18,21)/t13-/m1/s1. The van der Waals surface area contributed by atoms with Gasteiger partial charge in [0.1, 0.15) is 5.76 Å². The summed E-state index contributed by atoms with van der Waals surface area (Å²) >= 11 is 0. The van der Waals surface area contributed by atoms with Crippen molar-refractivity contribution in [3.05, 3.63) is 30.2 Å². The van der Waals surface area contributed by atoms with Gasteiger partial charge in [-0.2, -0.15) is 0 Å². The first-order valence-electron chi connectivity index (χ1n) is 8.44. The van der Waals surface area contributed by atoms with E-state index >= 15 is 0 Å². The molecule has 0 radical (unpaired) electrons. The van der Waals surface area contributed by atoms with Gasteiger partial charge in [-0.15, -0.1) is 0 Å². The van der Waals surface area contributed by atoms with Gasteiger partial charge >= 0.3 is 0 Å². The molecule has 0 spiro atoms. The number of amides is 2. The number of likely N-dealkylation sites (tertiary alicyclic amines) is 1. The SMILES string of the molecule is C=CC(=O)N[C@@H]1CCCN(C(=O)c2cc(C3CCOCC3)on2)C1. The van der Waals surface area contributed by atoms with E-state index in [1.165, 1.54) is 6.08 Å². The van der Waals surface area contributed by atoms with Gasteiger partial charge in [0.2, 0.25) is 5.91 Å². The van der Waals surface area contributed by atoms with Crippen LogP contribution in [0.15, 0.2) is 23.2 Å². The van der Waals surface area contributed by atoms with Gasteiger partial charge in [0, 0.05) is 44.3 Å². The number of aromatic nitrogens is 1. The van der Waals surface area contributed by atoms with Crippen LogP contribution < -0.4 is 5.32 Å². The highest BCUT2D eigenvalue weighted by Gasteiger charge is 2.28. The number of rotatable bonds is 4. The summed E-state index contributed by atoms with van der Waals surface area (Å²) in [6.45, 7) is 6.03. The molecule has 2 amide bonds. The summed E-state index contributed by atoms with van der Waals surface area (Å²) in [4.78, 5) is 25.8. The molecule has 7 heteroatoms. The molecule has 1 atom stereocenters. The van der Waals surface area contributed by atoms with Crippen molar-refractivity contribution in [3.63, 3.8) is 0 Å². The molecule has 2 aliphatic heterocycles. The molecule has 0 bridgehead atoms. The van der Waals surface area contributed by atoms with E-state index in [2.05, 4.69) is 17.1 Å². The van der Waals surface area contributed by atoms with Crippen LogP contribution in [0, 0.1) is 0 Å². The van der Waals surface area contributed by atoms with Gasteiger partial charge in [0.15, 0.2) is 5.69 Å². The molecule has 0 aliphatic carbocycles. The number of carbonyl (C=O) groups excluding carboxylic acids is 2. The van der Waals surface area contributed by atoms with Crippen LogP contribution in [0.5, 0.6) is 0 Å². The molecular weight excluding hydrogens is 310 g/mol. The fraction of sp³-hybridized carbons (Fsp3) is 0.588. The number of ether oxygens (including phenoxy) is 1. The summed E-state index contributed by atoms with van der Waals surface area (Å²) in [5.74, 6) is 0.677. The highest BCUT2D eigenvalue weighted by atomic mass is 16.5. The molecule has 2 saturated heterocycles. The summed E-state index contributed by atoms with van der Waals surface area (Å²) in [5.41, 5.74) is 0.340. The van der Waals surface area contributed by atoms with E-state index < -0.39 is 0 Å². The van der Waals surface area contributed by atoms with E-state index in [-0.39, 0.29) is 23.8 Å². The molecule has 3 heterocycles. The van der Waals surface area contributed by atoms with E-state index in [4.69, 9.17) is 9.26 Å². The van der Waals surface area contributed by atoms with E-state index in [1.807, 2.05) is 0 Å². The second kappa shape index (κ2) is 7.61. The van der Waals surface area contributed by atoms with Crippen molar-refractivity contribution >= 4 is 11.8 Å². The molecule has 3 rings (SSSR count). The maximum absolute atomic E-state index is 12.6. The minimum Gasteiger partial charge on any atom is -0.381 e. The lowest BCUT2D eigenvalue weighted by atomic mass is 9.97. The molecule has 130 valence electrons. The molecule has 1 aromatic rings. The second-order valence-corrected chi connectivity index (χ2v) is 6.30. The van der Waals surface area contributed by atoms with Crippen LogP contribution in [0.25, 0.3) is 0 Å². The highest BCUT2D eigenvalue weighted by Crippen LogP contribution is 2.27. The van der Waals surface area contributed by atoms with Crippen LogP contribution in [-0.4, -0.2) is 54.2 Å². The largest absolute Gasteiger partial charge is 0.381 e. The number of piperidine rings is 1. The summed E-state index contributed by atoms with van der Waals surface area (Å²) in [6.07, 6.45) is 4.73. The maximum atomic E-state index is 12.6. The molecule has 0 saturated carbocycles. The summed E-state index contributed by atoms with van der Waals surface area (Å²) in [5, 5.41) is 6.81. The molecule has 2 fully saturated rings. The van der Waals surface area contributed by atoms with Gasteiger partial charge in [0.25, 0.3) is 5.91 Å². The lowest BCUT2D eigenvalue weighted by Crippen LogP contribution is -2.49. The topological polar surface area (TPSA) is 84.7 Å². The van der Waals surface area contributed by atoms with Gasteiger partial charge in [-0.05, 0) is 31.8 Å². The predicted molar refractivity (Wildman–Crippen MR) is 86.6 cm³/mol. The Kier molecular flexibility index (Phi) is 5.30. The first-order chi connectivity index (χ1) is 11.7. The Balaban J connectivity index is 1.62. The number of carbonyl (C=O) groups is 2. The second-order valence-electron chi connectivity index (χ2n) is 6.30. The van der Waals surface area contributed by atoms with Crippen LogP contribution >= 0.6 is 0 Å². The highest BCUT2D eigenvalue weighted by molar-refractivity contribution is 5.92. The normalized spacial score (nSPS) is 22.2. The average Bonchev–Trinajstić information content (AvgIpc) is 3.12. The van der Waals surface area contributed by atoms with Crippen LogP contribution in [-0.2, 0) is 9.53 Å². The molecule has 0 unspecified atom stereocenters. The van der Waals surface area contributed by atoms with E-state index in [1.54, 1.807) is 11.0 Å². The van der Waals surface area contributed by atoms with Gasteiger partial charge in [0.05, 0.1) is 0 Å². The minimum atomic E-state index is -0.211. The monoisotopic (exact) mass is 333 g/mol. The quantitative estimate of drug-likeness (QED) is 0.844. The molecule has 1 aromatic heterocycles. The molecule has 24 heavy (non-hydrogen) atoms. The van der Waals surface area contributed by atoms with Crippen molar-refractivity contribution in [2.24, 2.45) is 0 Å². The van der Waals surface area contributed by atoms with E-state index in [0.717, 1.165) is 31.4 Å². The molecule has 2 aliphatic rings. The van der Waals surface area contributed by atoms with Gasteiger partial charge < -0.3 is 19.5 Å². The van der Waals surface area contributed by atoms with E-state index in [0.29, 0.717) is 32.0 Å². The lowest BCUT2D eigenvalue weighted by molar-refractivity contribution is -0.117. The summed E-state index contributed by atoms with van der Waals surface area (Å²) in [7, 11) is 0. The number of hydrogen-bond acceptors (Lipinski definition) is 5. The Labute approximate surface area is 141 Å². The van der Waals surface area contributed by atoms with Crippen LogP contribution in [0.4, 0.5) is 0 Å². The molecule has 1 N–H and O–H groups in total. The number of nitrogens with one attached hydrogen (secondary N) is 1. The van der Waals surface area contributed by atoms with Crippen molar-refractivity contribution < 1.29 is 18.8 Å². The van der Waals surface area contributed by atoms with Crippen molar-refractivity contribution in [3.8, 4) is 0 Å². The summed E-state index contributed by atoms with van der Waals surface area (Å²) < 4.78 is 10.7. The Morgan fingerprint density at radius 2 is 2.12 bits per heavy atom. The third-order valence-corrected chi connectivity index (χ3v) is 4.61. The van der Waals surface area contributed by atoms with Crippen LogP contribution in [0.1, 0.15) is 47.8 Å². The fourth-order valence-corrected chi connectivity index (χ4v) is 3.27. The smallest absolute Gasteiger partial charge is 0.276 e. The van der Waals surface area contributed by atoms with Gasteiger partial charge in [-0.1, -0.05) is 11.7 Å². The zero-order valence-electron chi connectivity index (χ0n) is 13.7. The van der Waals surface area contributed by atoms with Crippen molar-refractivity contribution in [2.75, 3.05) is 26.3 Å². The lowest BCUT2D eigenvalue weighted by Gasteiger charge is -2.32. The van der Waals surface area contributed by atoms with Crippen molar-refractivity contribution in [2.45, 2.75) is 37.6 Å². The number of hydrogen-bond donors (Lipinski definition) is 1. The van der Waals surface area contributed by atoms with Crippen LogP contribution in [0.2, 0.25) is 0 Å². The first-order valence-corrected chi connectivity index (χ1v) is 8.44. The van der Waals surface area contributed by atoms with Gasteiger partial charge in [-0.3, -0.25) is 9.59 Å².